The van der Waals surface area contributed by atoms with Crippen molar-refractivity contribution < 1.29 is 9.50 Å². The van der Waals surface area contributed by atoms with Gasteiger partial charge >= 0.3 is 0 Å². The number of aliphatic hydroxyl groups is 1. The number of halogens is 1. The molecule has 0 aliphatic rings. The van der Waals surface area contributed by atoms with Crippen LogP contribution < -0.4 is 0 Å². The number of hydrogen-bond acceptors (Lipinski definition) is 2. The maximum absolute atomic E-state index is 13.3. The highest BCUT2D eigenvalue weighted by atomic mass is 32.2. The molecule has 1 atom stereocenters. The van der Waals surface area contributed by atoms with E-state index in [1.165, 1.54) is 6.07 Å². The van der Waals surface area contributed by atoms with E-state index in [9.17, 15) is 9.50 Å². The van der Waals surface area contributed by atoms with E-state index in [2.05, 4.69) is 6.92 Å². The molecule has 1 N–H and O–H groups in total. The third-order valence-electron chi connectivity index (χ3n) is 2.20. The van der Waals surface area contributed by atoms with Gasteiger partial charge in [-0.1, -0.05) is 6.92 Å². The molecule has 0 heterocycles. The van der Waals surface area contributed by atoms with Crippen LogP contribution in [-0.4, -0.2) is 10.9 Å². The van der Waals surface area contributed by atoms with Gasteiger partial charge in [0.15, 0.2) is 0 Å². The Bertz CT molecular complexity index is 337. The lowest BCUT2D eigenvalue weighted by Crippen LogP contribution is -1.97. The SMILES string of the molecule is CCCSc1cc(C)c(F)cc1C(C)O. The molecule has 0 saturated heterocycles. The first-order chi connectivity index (χ1) is 7.06. The summed E-state index contributed by atoms with van der Waals surface area (Å²) in [6.07, 6.45) is 0.458. The third-order valence-corrected chi connectivity index (χ3v) is 3.48. The maximum atomic E-state index is 13.3. The zero-order valence-electron chi connectivity index (χ0n) is 9.38. The Morgan fingerprint density at radius 1 is 1.47 bits per heavy atom. The Hall–Kier alpha value is -0.540. The predicted octanol–water partition coefficient (Wildman–Crippen LogP) is 3.69. The van der Waals surface area contributed by atoms with Crippen molar-refractivity contribution in [1.29, 1.82) is 0 Å². The van der Waals surface area contributed by atoms with Crippen LogP contribution in [0.25, 0.3) is 0 Å². The van der Waals surface area contributed by atoms with Gasteiger partial charge < -0.3 is 5.11 Å². The van der Waals surface area contributed by atoms with E-state index in [1.54, 1.807) is 25.6 Å². The van der Waals surface area contributed by atoms with Crippen molar-refractivity contribution in [2.24, 2.45) is 0 Å². The van der Waals surface area contributed by atoms with Crippen LogP contribution in [0.2, 0.25) is 0 Å². The first-order valence-electron chi connectivity index (χ1n) is 5.17. The van der Waals surface area contributed by atoms with Crippen LogP contribution in [0.4, 0.5) is 4.39 Å². The summed E-state index contributed by atoms with van der Waals surface area (Å²) in [6, 6.07) is 3.26. The van der Waals surface area contributed by atoms with Crippen molar-refractivity contribution in [3.63, 3.8) is 0 Å². The lowest BCUT2D eigenvalue weighted by molar-refractivity contribution is 0.196. The topological polar surface area (TPSA) is 20.2 Å². The van der Waals surface area contributed by atoms with Crippen LogP contribution in [-0.2, 0) is 0 Å². The number of aliphatic hydroxyl groups excluding tert-OH is 1. The first-order valence-corrected chi connectivity index (χ1v) is 6.15. The molecule has 0 spiro atoms. The van der Waals surface area contributed by atoms with E-state index in [0.717, 1.165) is 17.1 Å². The highest BCUT2D eigenvalue weighted by Crippen LogP contribution is 2.30. The van der Waals surface area contributed by atoms with E-state index in [-0.39, 0.29) is 5.82 Å². The number of hydrogen-bond donors (Lipinski definition) is 1. The van der Waals surface area contributed by atoms with Gasteiger partial charge in [-0.05, 0) is 49.3 Å². The molecule has 15 heavy (non-hydrogen) atoms. The van der Waals surface area contributed by atoms with Gasteiger partial charge in [0.1, 0.15) is 5.82 Å². The molecule has 0 radical (unpaired) electrons. The maximum Gasteiger partial charge on any atom is 0.126 e. The number of aryl methyl sites for hydroxylation is 1. The van der Waals surface area contributed by atoms with Crippen molar-refractivity contribution in [2.45, 2.75) is 38.2 Å². The van der Waals surface area contributed by atoms with Gasteiger partial charge in [-0.25, -0.2) is 4.39 Å². The third kappa shape index (κ3) is 3.21. The van der Waals surface area contributed by atoms with Gasteiger partial charge in [0, 0.05) is 4.90 Å². The van der Waals surface area contributed by atoms with Crippen LogP contribution >= 0.6 is 11.8 Å². The summed E-state index contributed by atoms with van der Waals surface area (Å²) >= 11 is 1.67. The molecule has 0 amide bonds. The highest BCUT2D eigenvalue weighted by molar-refractivity contribution is 7.99. The normalized spacial score (nSPS) is 12.9. The summed E-state index contributed by atoms with van der Waals surface area (Å²) in [7, 11) is 0. The average Bonchev–Trinajstić information content (AvgIpc) is 2.19. The minimum atomic E-state index is -0.612. The predicted molar refractivity (Wildman–Crippen MR) is 62.8 cm³/mol. The van der Waals surface area contributed by atoms with E-state index in [4.69, 9.17) is 0 Å². The summed E-state index contributed by atoms with van der Waals surface area (Å²) < 4.78 is 13.3. The van der Waals surface area contributed by atoms with E-state index in [0.29, 0.717) is 11.1 Å². The molecular weight excluding hydrogens is 211 g/mol. The quantitative estimate of drug-likeness (QED) is 0.793. The van der Waals surface area contributed by atoms with Gasteiger partial charge in [0.05, 0.1) is 6.10 Å². The Kier molecular flexibility index (Phi) is 4.61. The van der Waals surface area contributed by atoms with Crippen LogP contribution in [0.15, 0.2) is 17.0 Å². The van der Waals surface area contributed by atoms with Crippen molar-refractivity contribution in [3.8, 4) is 0 Å². The lowest BCUT2D eigenvalue weighted by Gasteiger charge is -2.13. The molecular formula is C12H17FOS. The second-order valence-electron chi connectivity index (χ2n) is 3.66. The summed E-state index contributed by atoms with van der Waals surface area (Å²) in [5.74, 6) is 0.747. The molecule has 1 unspecified atom stereocenters. The van der Waals surface area contributed by atoms with Gasteiger partial charge in [0.25, 0.3) is 0 Å². The second-order valence-corrected chi connectivity index (χ2v) is 4.80. The fourth-order valence-corrected chi connectivity index (χ4v) is 2.41. The van der Waals surface area contributed by atoms with Crippen molar-refractivity contribution >= 4 is 11.8 Å². The molecule has 1 rings (SSSR count). The smallest absolute Gasteiger partial charge is 0.126 e. The van der Waals surface area contributed by atoms with Crippen molar-refractivity contribution in [2.75, 3.05) is 5.75 Å². The zero-order valence-corrected chi connectivity index (χ0v) is 10.2. The Morgan fingerprint density at radius 2 is 2.13 bits per heavy atom. The summed E-state index contributed by atoms with van der Waals surface area (Å²) in [5.41, 5.74) is 1.33. The van der Waals surface area contributed by atoms with Crippen LogP contribution in [0.3, 0.4) is 0 Å². The lowest BCUT2D eigenvalue weighted by atomic mass is 10.1. The molecule has 84 valence electrons. The fourth-order valence-electron chi connectivity index (χ4n) is 1.33. The number of rotatable bonds is 4. The minimum Gasteiger partial charge on any atom is -0.389 e. The Balaban J connectivity index is 3.04. The average molecular weight is 228 g/mol. The Labute approximate surface area is 94.7 Å². The monoisotopic (exact) mass is 228 g/mol. The van der Waals surface area contributed by atoms with Gasteiger partial charge in [-0.3, -0.25) is 0 Å². The first kappa shape index (κ1) is 12.5. The summed E-state index contributed by atoms with van der Waals surface area (Å²) in [6.45, 7) is 5.52. The number of benzene rings is 1. The van der Waals surface area contributed by atoms with Crippen LogP contribution in [0, 0.1) is 12.7 Å². The van der Waals surface area contributed by atoms with Gasteiger partial charge in [-0.15, -0.1) is 11.8 Å². The fraction of sp³-hybridized carbons (Fsp3) is 0.500. The molecule has 3 heteroatoms. The molecule has 0 aromatic heterocycles. The molecule has 1 nitrogen and oxygen atoms in total. The standard InChI is InChI=1S/C12H17FOS/c1-4-5-15-12-6-8(2)11(13)7-10(12)9(3)14/h6-7,9,14H,4-5H2,1-3H3. The molecule has 0 fully saturated rings. The van der Waals surface area contributed by atoms with Crippen LogP contribution in [0.1, 0.15) is 37.5 Å². The molecule has 1 aromatic rings. The molecule has 0 aliphatic heterocycles. The molecule has 0 saturated carbocycles. The summed E-state index contributed by atoms with van der Waals surface area (Å²) in [4.78, 5) is 0.991. The van der Waals surface area contributed by atoms with E-state index < -0.39 is 6.10 Å². The van der Waals surface area contributed by atoms with E-state index in [1.807, 2.05) is 6.07 Å². The molecule has 0 bridgehead atoms. The van der Waals surface area contributed by atoms with Crippen molar-refractivity contribution in [3.05, 3.63) is 29.1 Å². The molecule has 0 aliphatic carbocycles. The van der Waals surface area contributed by atoms with Crippen LogP contribution in [0.5, 0.6) is 0 Å². The van der Waals surface area contributed by atoms with Crippen molar-refractivity contribution in [1.82, 2.24) is 0 Å². The minimum absolute atomic E-state index is 0.244. The largest absolute Gasteiger partial charge is 0.389 e. The summed E-state index contributed by atoms with van der Waals surface area (Å²) in [5, 5.41) is 9.54. The number of thioether (sulfide) groups is 1. The second kappa shape index (κ2) is 5.52. The molecule has 1 aromatic carbocycles. The highest BCUT2D eigenvalue weighted by Gasteiger charge is 2.11. The van der Waals surface area contributed by atoms with Gasteiger partial charge in [0.2, 0.25) is 0 Å². The van der Waals surface area contributed by atoms with E-state index >= 15 is 0 Å². The zero-order chi connectivity index (χ0) is 11.4. The Morgan fingerprint density at radius 3 is 2.67 bits per heavy atom. The van der Waals surface area contributed by atoms with Gasteiger partial charge in [-0.2, -0.15) is 0 Å².